The van der Waals surface area contributed by atoms with Crippen LogP contribution >= 0.6 is 0 Å². The second kappa shape index (κ2) is 15.3. The minimum Gasteiger partial charge on any atom is -0.367 e. The van der Waals surface area contributed by atoms with Crippen molar-refractivity contribution in [3.63, 3.8) is 0 Å². The SMILES string of the molecule is CCCCCCCCCCCCCCCCCC1=NC(C(C)CC)C(C)(C)N1. The van der Waals surface area contributed by atoms with E-state index < -0.39 is 0 Å². The van der Waals surface area contributed by atoms with Gasteiger partial charge in [0.05, 0.1) is 17.4 Å². The third-order valence-electron chi connectivity index (χ3n) is 6.70. The summed E-state index contributed by atoms with van der Waals surface area (Å²) in [6.45, 7) is 11.5. The van der Waals surface area contributed by atoms with Crippen LogP contribution < -0.4 is 5.32 Å². The van der Waals surface area contributed by atoms with E-state index in [2.05, 4.69) is 39.9 Å². The van der Waals surface area contributed by atoms with Crippen LogP contribution in [0.25, 0.3) is 0 Å². The predicted octanol–water partition coefficient (Wildman–Crippen LogP) is 8.44. The van der Waals surface area contributed by atoms with Crippen LogP contribution in [0.15, 0.2) is 4.99 Å². The molecular weight excluding hydrogens is 340 g/mol. The number of hydrogen-bond donors (Lipinski definition) is 1. The molecule has 2 heteroatoms. The number of amidine groups is 1. The van der Waals surface area contributed by atoms with E-state index in [9.17, 15) is 0 Å². The van der Waals surface area contributed by atoms with Crippen molar-refractivity contribution >= 4 is 5.84 Å². The summed E-state index contributed by atoms with van der Waals surface area (Å²) in [6.07, 6.45) is 23.8. The Balaban J connectivity index is 1.91. The van der Waals surface area contributed by atoms with E-state index in [0.717, 1.165) is 6.42 Å². The Morgan fingerprint density at radius 1 is 0.750 bits per heavy atom. The zero-order valence-corrected chi connectivity index (χ0v) is 20.1. The first-order valence-corrected chi connectivity index (χ1v) is 12.9. The summed E-state index contributed by atoms with van der Waals surface area (Å²) >= 11 is 0. The Hall–Kier alpha value is -0.530. The van der Waals surface area contributed by atoms with Gasteiger partial charge in [-0.25, -0.2) is 0 Å². The lowest BCUT2D eigenvalue weighted by molar-refractivity contribution is 0.309. The summed E-state index contributed by atoms with van der Waals surface area (Å²) in [5, 5.41) is 3.70. The van der Waals surface area contributed by atoms with Gasteiger partial charge in [-0.05, 0) is 26.2 Å². The number of aliphatic imine (C=N–C) groups is 1. The van der Waals surface area contributed by atoms with E-state index in [1.54, 1.807) is 0 Å². The molecule has 1 rings (SSSR count). The molecule has 1 aliphatic rings. The monoisotopic (exact) mass is 392 g/mol. The molecule has 0 bridgehead atoms. The van der Waals surface area contributed by atoms with Crippen molar-refractivity contribution < 1.29 is 0 Å². The lowest BCUT2D eigenvalue weighted by atomic mass is 9.85. The van der Waals surface area contributed by atoms with Crippen molar-refractivity contribution in [3.05, 3.63) is 0 Å². The van der Waals surface area contributed by atoms with E-state index >= 15 is 0 Å². The van der Waals surface area contributed by atoms with Crippen molar-refractivity contribution in [1.29, 1.82) is 0 Å². The molecule has 2 atom stereocenters. The third-order valence-corrected chi connectivity index (χ3v) is 6.70. The van der Waals surface area contributed by atoms with E-state index in [1.807, 2.05) is 0 Å². The largest absolute Gasteiger partial charge is 0.367 e. The molecule has 1 N–H and O–H groups in total. The average Bonchev–Trinajstić information content (AvgIpc) is 2.98. The standard InChI is InChI=1S/C26H52N2/c1-6-8-9-10-11-12-13-14-15-16-17-18-19-20-21-22-24-27-25(23(3)7-2)26(4,5)28-24/h23,25H,6-22H2,1-5H3,(H,27,28). The van der Waals surface area contributed by atoms with Gasteiger partial charge in [0.2, 0.25) is 0 Å². The number of nitrogens with zero attached hydrogens (tertiary/aromatic N) is 1. The zero-order chi connectivity index (χ0) is 20.7. The number of rotatable bonds is 18. The van der Waals surface area contributed by atoms with E-state index in [-0.39, 0.29) is 5.54 Å². The van der Waals surface area contributed by atoms with Crippen LogP contribution in [0.2, 0.25) is 0 Å². The second-order valence-electron chi connectivity index (χ2n) is 9.95. The number of unbranched alkanes of at least 4 members (excludes halogenated alkanes) is 14. The highest BCUT2D eigenvalue weighted by Crippen LogP contribution is 2.28. The predicted molar refractivity (Wildman–Crippen MR) is 127 cm³/mol. The third kappa shape index (κ3) is 10.9. The molecule has 0 spiro atoms. The van der Waals surface area contributed by atoms with Gasteiger partial charge < -0.3 is 5.32 Å². The first kappa shape index (κ1) is 25.5. The normalized spacial score (nSPS) is 19.5. The Morgan fingerprint density at radius 3 is 1.61 bits per heavy atom. The topological polar surface area (TPSA) is 24.4 Å². The summed E-state index contributed by atoms with van der Waals surface area (Å²) in [7, 11) is 0. The van der Waals surface area contributed by atoms with Gasteiger partial charge in [0, 0.05) is 6.42 Å². The van der Waals surface area contributed by atoms with Crippen LogP contribution in [0.3, 0.4) is 0 Å². The molecule has 0 radical (unpaired) electrons. The lowest BCUT2D eigenvalue weighted by Gasteiger charge is -2.30. The summed E-state index contributed by atoms with van der Waals surface area (Å²) in [5.41, 5.74) is 0.139. The minimum atomic E-state index is 0.139. The summed E-state index contributed by atoms with van der Waals surface area (Å²) in [6, 6.07) is 0.448. The lowest BCUT2D eigenvalue weighted by Crippen LogP contribution is -2.47. The molecule has 166 valence electrons. The Bertz CT molecular complexity index is 399. The molecule has 0 aromatic carbocycles. The maximum atomic E-state index is 5.02. The van der Waals surface area contributed by atoms with Gasteiger partial charge >= 0.3 is 0 Å². The Kier molecular flexibility index (Phi) is 14.0. The summed E-state index contributed by atoms with van der Waals surface area (Å²) in [4.78, 5) is 5.02. The van der Waals surface area contributed by atoms with Crippen molar-refractivity contribution in [3.8, 4) is 0 Å². The highest BCUT2D eigenvalue weighted by molar-refractivity contribution is 5.85. The molecule has 0 aliphatic carbocycles. The van der Waals surface area contributed by atoms with Crippen LogP contribution in [0, 0.1) is 5.92 Å². The molecule has 0 saturated carbocycles. The fourth-order valence-electron chi connectivity index (χ4n) is 4.66. The molecule has 0 aromatic heterocycles. The molecule has 1 aliphatic heterocycles. The quantitative estimate of drug-likeness (QED) is 0.232. The van der Waals surface area contributed by atoms with Crippen LogP contribution in [-0.2, 0) is 0 Å². The van der Waals surface area contributed by atoms with Crippen LogP contribution in [0.4, 0.5) is 0 Å². The first-order valence-electron chi connectivity index (χ1n) is 12.9. The van der Waals surface area contributed by atoms with Gasteiger partial charge in [-0.1, -0.05) is 117 Å². The molecule has 1 heterocycles. The van der Waals surface area contributed by atoms with Gasteiger partial charge in [0.25, 0.3) is 0 Å². The van der Waals surface area contributed by atoms with E-state index in [0.29, 0.717) is 12.0 Å². The van der Waals surface area contributed by atoms with Crippen molar-refractivity contribution in [2.75, 3.05) is 0 Å². The molecule has 0 amide bonds. The molecule has 2 nitrogen and oxygen atoms in total. The zero-order valence-electron chi connectivity index (χ0n) is 20.1. The van der Waals surface area contributed by atoms with Gasteiger partial charge in [-0.3, -0.25) is 4.99 Å². The number of nitrogens with one attached hydrogen (secondary N) is 1. The van der Waals surface area contributed by atoms with Crippen molar-refractivity contribution in [2.45, 2.75) is 155 Å². The van der Waals surface area contributed by atoms with Gasteiger partial charge in [-0.2, -0.15) is 0 Å². The molecule has 0 saturated heterocycles. The second-order valence-corrected chi connectivity index (χ2v) is 9.95. The smallest absolute Gasteiger partial charge is 0.0972 e. The highest BCUT2D eigenvalue weighted by Gasteiger charge is 2.38. The molecule has 0 aromatic rings. The highest BCUT2D eigenvalue weighted by atomic mass is 15.2. The molecule has 0 fully saturated rings. The molecule has 2 unspecified atom stereocenters. The Labute approximate surface area is 177 Å². The maximum absolute atomic E-state index is 5.02. The van der Waals surface area contributed by atoms with E-state index in [4.69, 9.17) is 4.99 Å². The van der Waals surface area contributed by atoms with Gasteiger partial charge in [-0.15, -0.1) is 0 Å². The van der Waals surface area contributed by atoms with Crippen LogP contribution in [-0.4, -0.2) is 17.4 Å². The van der Waals surface area contributed by atoms with E-state index in [1.165, 1.54) is 109 Å². The minimum absolute atomic E-state index is 0.139. The summed E-state index contributed by atoms with van der Waals surface area (Å²) in [5.74, 6) is 1.94. The van der Waals surface area contributed by atoms with Crippen LogP contribution in [0.1, 0.15) is 144 Å². The fourth-order valence-corrected chi connectivity index (χ4v) is 4.66. The van der Waals surface area contributed by atoms with Gasteiger partial charge in [0.15, 0.2) is 0 Å². The van der Waals surface area contributed by atoms with Gasteiger partial charge in [0.1, 0.15) is 0 Å². The average molecular weight is 393 g/mol. The fraction of sp³-hybridized carbons (Fsp3) is 0.962. The summed E-state index contributed by atoms with van der Waals surface area (Å²) < 4.78 is 0. The molecular formula is C26H52N2. The van der Waals surface area contributed by atoms with Crippen LogP contribution in [0.5, 0.6) is 0 Å². The first-order chi connectivity index (χ1) is 13.5. The number of hydrogen-bond acceptors (Lipinski definition) is 2. The maximum Gasteiger partial charge on any atom is 0.0972 e. The van der Waals surface area contributed by atoms with Crippen molar-refractivity contribution in [1.82, 2.24) is 5.32 Å². The molecule has 28 heavy (non-hydrogen) atoms. The Morgan fingerprint density at radius 2 is 1.18 bits per heavy atom. The van der Waals surface area contributed by atoms with Crippen molar-refractivity contribution in [2.24, 2.45) is 10.9 Å².